The van der Waals surface area contributed by atoms with Gasteiger partial charge in [0, 0.05) is 18.7 Å². The van der Waals surface area contributed by atoms with Gasteiger partial charge in [-0.05, 0) is 37.0 Å². The molecule has 1 rings (SSSR count). The second kappa shape index (κ2) is 5.67. The highest BCUT2D eigenvalue weighted by Crippen LogP contribution is 2.32. The number of aliphatic hydroxyl groups is 1. The largest absolute Gasteiger partial charge is 0.385 e. The van der Waals surface area contributed by atoms with E-state index in [4.69, 9.17) is 16.3 Å². The van der Waals surface area contributed by atoms with Crippen molar-refractivity contribution in [2.75, 3.05) is 13.7 Å². The van der Waals surface area contributed by atoms with E-state index in [9.17, 15) is 5.11 Å². The van der Waals surface area contributed by atoms with Crippen molar-refractivity contribution in [1.82, 2.24) is 0 Å². The van der Waals surface area contributed by atoms with Crippen molar-refractivity contribution in [3.8, 4) is 0 Å². The molecule has 1 aromatic carbocycles. The van der Waals surface area contributed by atoms with Crippen LogP contribution in [0.3, 0.4) is 0 Å². The molecule has 1 N–H and O–H groups in total. The number of hydrogen-bond acceptors (Lipinski definition) is 2. The molecule has 0 aliphatic heterocycles. The van der Waals surface area contributed by atoms with Gasteiger partial charge in [0.15, 0.2) is 0 Å². The van der Waals surface area contributed by atoms with E-state index in [0.29, 0.717) is 11.6 Å². The highest BCUT2D eigenvalue weighted by Gasteiger charge is 2.30. The number of rotatable bonds is 5. The molecule has 0 aliphatic rings. The Kier molecular flexibility index (Phi) is 4.78. The molecule has 2 unspecified atom stereocenters. The van der Waals surface area contributed by atoms with Crippen LogP contribution in [0.2, 0.25) is 5.02 Å². The summed E-state index contributed by atoms with van der Waals surface area (Å²) >= 11 is 5.92. The van der Waals surface area contributed by atoms with Crippen LogP contribution in [0.1, 0.15) is 25.8 Å². The minimum Gasteiger partial charge on any atom is -0.385 e. The normalized spacial score (nSPS) is 16.8. The maximum absolute atomic E-state index is 10.5. The van der Waals surface area contributed by atoms with Gasteiger partial charge < -0.3 is 9.84 Å². The molecule has 1 aromatic rings. The molecule has 0 amide bonds. The molecule has 0 fully saturated rings. The van der Waals surface area contributed by atoms with Gasteiger partial charge in [-0.3, -0.25) is 0 Å². The maximum atomic E-state index is 10.5. The first-order valence-corrected chi connectivity index (χ1v) is 5.83. The molecule has 2 nitrogen and oxygen atoms in total. The minimum absolute atomic E-state index is 0.117. The van der Waals surface area contributed by atoms with Gasteiger partial charge in [-0.2, -0.15) is 0 Å². The molecule has 0 spiro atoms. The van der Waals surface area contributed by atoms with Crippen LogP contribution in [0.25, 0.3) is 0 Å². The lowest BCUT2D eigenvalue weighted by molar-refractivity contribution is -0.0106. The fourth-order valence-electron chi connectivity index (χ4n) is 1.66. The summed E-state index contributed by atoms with van der Waals surface area (Å²) in [5.74, 6) is 0.117. The standard InChI is InChI=1S/C13H19ClO2/c1-10(7-8-16-3)13(2,15)11-5-4-6-12(14)9-11/h4-6,9-10,15H,7-8H2,1-3H3. The molecule has 2 atom stereocenters. The summed E-state index contributed by atoms with van der Waals surface area (Å²) in [6.07, 6.45) is 0.815. The molecule has 90 valence electrons. The van der Waals surface area contributed by atoms with Crippen LogP contribution in [0.15, 0.2) is 24.3 Å². The van der Waals surface area contributed by atoms with Gasteiger partial charge in [0.2, 0.25) is 0 Å². The van der Waals surface area contributed by atoms with E-state index >= 15 is 0 Å². The third kappa shape index (κ3) is 3.21. The first-order valence-electron chi connectivity index (χ1n) is 5.46. The van der Waals surface area contributed by atoms with E-state index in [2.05, 4.69) is 0 Å². The summed E-state index contributed by atoms with van der Waals surface area (Å²) in [6, 6.07) is 7.37. The fourth-order valence-corrected chi connectivity index (χ4v) is 1.85. The van der Waals surface area contributed by atoms with Crippen molar-refractivity contribution in [3.05, 3.63) is 34.9 Å². The molecule has 0 aromatic heterocycles. The average molecular weight is 243 g/mol. The predicted molar refractivity (Wildman–Crippen MR) is 66.7 cm³/mol. The summed E-state index contributed by atoms with van der Waals surface area (Å²) in [5.41, 5.74) is -0.0210. The van der Waals surface area contributed by atoms with Gasteiger partial charge >= 0.3 is 0 Å². The summed E-state index contributed by atoms with van der Waals surface area (Å²) < 4.78 is 5.03. The maximum Gasteiger partial charge on any atom is 0.0895 e. The van der Waals surface area contributed by atoms with Gasteiger partial charge in [-0.15, -0.1) is 0 Å². The van der Waals surface area contributed by atoms with Crippen molar-refractivity contribution in [1.29, 1.82) is 0 Å². The van der Waals surface area contributed by atoms with Crippen LogP contribution >= 0.6 is 11.6 Å². The zero-order chi connectivity index (χ0) is 12.2. The smallest absolute Gasteiger partial charge is 0.0895 e. The van der Waals surface area contributed by atoms with Crippen LogP contribution in [-0.4, -0.2) is 18.8 Å². The molecule has 16 heavy (non-hydrogen) atoms. The number of halogens is 1. The van der Waals surface area contributed by atoms with Crippen molar-refractivity contribution in [2.24, 2.45) is 5.92 Å². The first kappa shape index (κ1) is 13.5. The van der Waals surface area contributed by atoms with Gasteiger partial charge in [-0.25, -0.2) is 0 Å². The van der Waals surface area contributed by atoms with Gasteiger partial charge in [0.05, 0.1) is 5.60 Å². The number of methoxy groups -OCH3 is 1. The quantitative estimate of drug-likeness (QED) is 0.859. The van der Waals surface area contributed by atoms with Gasteiger partial charge in [0.1, 0.15) is 0 Å². The van der Waals surface area contributed by atoms with Crippen molar-refractivity contribution < 1.29 is 9.84 Å². The van der Waals surface area contributed by atoms with Gasteiger partial charge in [-0.1, -0.05) is 30.7 Å². The van der Waals surface area contributed by atoms with Crippen molar-refractivity contribution >= 4 is 11.6 Å². The lowest BCUT2D eigenvalue weighted by atomic mass is 9.82. The van der Waals surface area contributed by atoms with Crippen LogP contribution in [0.4, 0.5) is 0 Å². The summed E-state index contributed by atoms with van der Waals surface area (Å²) in [7, 11) is 1.67. The molecule has 0 aliphatic carbocycles. The molecule has 0 saturated heterocycles. The Hall–Kier alpha value is -0.570. The highest BCUT2D eigenvalue weighted by atomic mass is 35.5. The van der Waals surface area contributed by atoms with Crippen LogP contribution < -0.4 is 0 Å². The van der Waals surface area contributed by atoms with Crippen LogP contribution in [0, 0.1) is 5.92 Å². The monoisotopic (exact) mass is 242 g/mol. The molecule has 3 heteroatoms. The van der Waals surface area contributed by atoms with Crippen LogP contribution in [-0.2, 0) is 10.3 Å². The number of hydrogen-bond donors (Lipinski definition) is 1. The van der Waals surface area contributed by atoms with E-state index in [1.165, 1.54) is 0 Å². The van der Waals surface area contributed by atoms with E-state index in [-0.39, 0.29) is 5.92 Å². The topological polar surface area (TPSA) is 29.5 Å². The predicted octanol–water partition coefficient (Wildman–Crippen LogP) is 3.22. The summed E-state index contributed by atoms with van der Waals surface area (Å²) in [6.45, 7) is 4.48. The zero-order valence-electron chi connectivity index (χ0n) is 10.0. The molecule has 0 bridgehead atoms. The zero-order valence-corrected chi connectivity index (χ0v) is 10.8. The SMILES string of the molecule is COCCC(C)C(C)(O)c1cccc(Cl)c1. The van der Waals surface area contributed by atoms with E-state index < -0.39 is 5.60 Å². The average Bonchev–Trinajstić information content (AvgIpc) is 2.25. The van der Waals surface area contributed by atoms with Crippen molar-refractivity contribution in [2.45, 2.75) is 25.9 Å². The second-order valence-electron chi connectivity index (χ2n) is 4.34. The lowest BCUT2D eigenvalue weighted by Gasteiger charge is -2.31. The fraction of sp³-hybridized carbons (Fsp3) is 0.538. The molecule has 0 radical (unpaired) electrons. The number of ether oxygens (including phenoxy) is 1. The second-order valence-corrected chi connectivity index (χ2v) is 4.78. The van der Waals surface area contributed by atoms with Gasteiger partial charge in [0.25, 0.3) is 0 Å². The Morgan fingerprint density at radius 1 is 1.50 bits per heavy atom. The summed E-state index contributed by atoms with van der Waals surface area (Å²) in [5, 5.41) is 11.1. The minimum atomic E-state index is -0.872. The summed E-state index contributed by atoms with van der Waals surface area (Å²) in [4.78, 5) is 0. The van der Waals surface area contributed by atoms with E-state index in [1.54, 1.807) is 13.2 Å². The Morgan fingerprint density at radius 2 is 2.19 bits per heavy atom. The molecular formula is C13H19ClO2. The highest BCUT2D eigenvalue weighted by molar-refractivity contribution is 6.30. The molecule has 0 heterocycles. The first-order chi connectivity index (χ1) is 7.48. The Bertz CT molecular complexity index is 336. The number of benzene rings is 1. The molecule has 0 saturated carbocycles. The lowest BCUT2D eigenvalue weighted by Crippen LogP contribution is -2.30. The third-order valence-electron chi connectivity index (χ3n) is 3.12. The van der Waals surface area contributed by atoms with Crippen molar-refractivity contribution in [3.63, 3.8) is 0 Å². The molecular weight excluding hydrogens is 224 g/mol. The Balaban J connectivity index is 2.83. The third-order valence-corrected chi connectivity index (χ3v) is 3.36. The Morgan fingerprint density at radius 3 is 2.75 bits per heavy atom. The van der Waals surface area contributed by atoms with E-state index in [1.807, 2.05) is 32.0 Å². The Labute approximate surface area is 102 Å². The van der Waals surface area contributed by atoms with E-state index in [0.717, 1.165) is 12.0 Å². The van der Waals surface area contributed by atoms with Crippen LogP contribution in [0.5, 0.6) is 0 Å².